The Labute approximate surface area is 155 Å². The lowest BCUT2D eigenvalue weighted by Crippen LogP contribution is -2.42. The Morgan fingerprint density at radius 2 is 1.88 bits per heavy atom. The van der Waals surface area contributed by atoms with Crippen LogP contribution in [0.1, 0.15) is 24.0 Å². The minimum atomic E-state index is 0.568. The van der Waals surface area contributed by atoms with Gasteiger partial charge in [0.2, 0.25) is 0 Å². The van der Waals surface area contributed by atoms with Gasteiger partial charge in [-0.3, -0.25) is 15.6 Å². The molecule has 1 aliphatic heterocycles. The van der Waals surface area contributed by atoms with E-state index >= 15 is 0 Å². The summed E-state index contributed by atoms with van der Waals surface area (Å²) in [6.07, 6.45) is 3.20. The molecule has 0 aromatic heterocycles. The number of ether oxygens (including phenoxy) is 1. The number of piperidine rings is 1. The monoisotopic (exact) mass is 355 g/mol. The van der Waals surface area contributed by atoms with Crippen molar-refractivity contribution in [3.05, 3.63) is 59.7 Å². The van der Waals surface area contributed by atoms with E-state index in [1.165, 1.54) is 18.4 Å². The normalized spacial score (nSPS) is 15.8. The number of hydrogen-bond acceptors (Lipinski definition) is 5. The number of hydrogen-bond donors (Lipinski definition) is 3. The Bertz CT molecular complexity index is 670. The molecule has 5 heteroatoms. The molecule has 3 rings (SSSR count). The lowest BCUT2D eigenvalue weighted by Gasteiger charge is -2.32. The van der Waals surface area contributed by atoms with Crippen LogP contribution >= 0.6 is 0 Å². The van der Waals surface area contributed by atoms with Crippen molar-refractivity contribution in [2.75, 3.05) is 32.2 Å². The van der Waals surface area contributed by atoms with E-state index in [1.54, 1.807) is 7.11 Å². The first-order valence-corrected chi connectivity index (χ1v) is 9.35. The first-order valence-electron chi connectivity index (χ1n) is 9.35. The number of methoxy groups -OCH3 is 1. The van der Waals surface area contributed by atoms with Crippen LogP contribution in [0.15, 0.2) is 48.5 Å². The molecule has 0 aliphatic carbocycles. The quantitative estimate of drug-likeness (QED) is 0.635. The van der Waals surface area contributed by atoms with Crippen molar-refractivity contribution in [1.82, 2.24) is 10.2 Å². The number of nitrogens with zero attached hydrogens (tertiary/aromatic N) is 1. The summed E-state index contributed by atoms with van der Waals surface area (Å²) in [5.41, 5.74) is 5.46. The molecule has 1 aliphatic rings. The molecule has 0 spiro atoms. The third-order valence-electron chi connectivity index (χ3n) is 5.10. The molecule has 1 heterocycles. The summed E-state index contributed by atoms with van der Waals surface area (Å²) >= 11 is 0. The van der Waals surface area contributed by atoms with Crippen LogP contribution in [0.4, 0.5) is 5.69 Å². The van der Waals surface area contributed by atoms with Crippen molar-refractivity contribution < 1.29 is 9.94 Å². The van der Waals surface area contributed by atoms with Gasteiger partial charge in [-0.2, -0.15) is 0 Å². The summed E-state index contributed by atoms with van der Waals surface area (Å²) in [7, 11) is 1.66. The van der Waals surface area contributed by atoms with Crippen LogP contribution < -0.4 is 15.5 Å². The number of benzene rings is 2. The molecule has 0 unspecified atom stereocenters. The largest absolute Gasteiger partial charge is 0.497 e. The first-order chi connectivity index (χ1) is 12.8. The highest BCUT2D eigenvalue weighted by molar-refractivity contribution is 5.52. The average molecular weight is 355 g/mol. The number of anilines is 1. The van der Waals surface area contributed by atoms with Gasteiger partial charge in [0.1, 0.15) is 5.75 Å². The van der Waals surface area contributed by atoms with E-state index in [0.29, 0.717) is 6.04 Å². The predicted molar refractivity (Wildman–Crippen MR) is 105 cm³/mol. The molecular formula is C21H29N3O2. The molecule has 140 valence electrons. The first kappa shape index (κ1) is 18.7. The summed E-state index contributed by atoms with van der Waals surface area (Å²) < 4.78 is 5.28. The number of nitrogens with one attached hydrogen (secondary N) is 2. The number of rotatable bonds is 8. The molecule has 2 aromatic rings. The van der Waals surface area contributed by atoms with E-state index in [0.717, 1.165) is 49.6 Å². The summed E-state index contributed by atoms with van der Waals surface area (Å²) in [4.78, 5) is 2.53. The van der Waals surface area contributed by atoms with Gasteiger partial charge in [0.25, 0.3) is 0 Å². The maximum atomic E-state index is 9.26. The number of likely N-dealkylation sites (tertiary alicyclic amines) is 1. The zero-order chi connectivity index (χ0) is 18.2. The molecule has 0 atom stereocenters. The van der Waals surface area contributed by atoms with Crippen molar-refractivity contribution in [2.45, 2.75) is 31.8 Å². The second-order valence-corrected chi connectivity index (χ2v) is 6.88. The fourth-order valence-electron chi connectivity index (χ4n) is 3.56. The Kier molecular flexibility index (Phi) is 6.89. The van der Waals surface area contributed by atoms with Crippen molar-refractivity contribution in [3.63, 3.8) is 0 Å². The van der Waals surface area contributed by atoms with E-state index in [4.69, 9.17) is 4.74 Å². The highest BCUT2D eigenvalue weighted by Gasteiger charge is 2.18. The maximum Gasteiger partial charge on any atom is 0.119 e. The van der Waals surface area contributed by atoms with E-state index in [1.807, 2.05) is 18.2 Å². The van der Waals surface area contributed by atoms with E-state index < -0.39 is 0 Å². The topological polar surface area (TPSA) is 56.8 Å². The Hall–Kier alpha value is -2.08. The molecule has 0 saturated carbocycles. The average Bonchev–Trinajstić information content (AvgIpc) is 2.70. The predicted octanol–water partition coefficient (Wildman–Crippen LogP) is 3.29. The SMILES string of the molecule is COc1ccc(NO)c(CCNC2CCN(Cc3ccccc3)CC2)c1. The molecule has 5 nitrogen and oxygen atoms in total. The maximum absolute atomic E-state index is 9.26. The van der Waals surface area contributed by atoms with Crippen LogP contribution in [0.5, 0.6) is 5.75 Å². The standard InChI is InChI=1S/C21H29N3O2/c1-26-20-7-8-21(23-25)18(15-20)9-12-22-19-10-13-24(14-11-19)16-17-5-3-2-4-6-17/h2-8,15,19,22-23,25H,9-14,16H2,1H3. The summed E-state index contributed by atoms with van der Waals surface area (Å²) in [5, 5.41) is 12.9. The molecule has 0 radical (unpaired) electrons. The summed E-state index contributed by atoms with van der Waals surface area (Å²) in [6, 6.07) is 16.9. The van der Waals surface area contributed by atoms with Crippen molar-refractivity contribution in [1.29, 1.82) is 0 Å². The van der Waals surface area contributed by atoms with Crippen LogP contribution in [0, 0.1) is 0 Å². The molecular weight excluding hydrogens is 326 g/mol. The van der Waals surface area contributed by atoms with Crippen molar-refractivity contribution in [3.8, 4) is 5.75 Å². The fraction of sp³-hybridized carbons (Fsp3) is 0.429. The third kappa shape index (κ3) is 5.21. The zero-order valence-corrected chi connectivity index (χ0v) is 15.4. The van der Waals surface area contributed by atoms with Gasteiger partial charge in [0, 0.05) is 12.6 Å². The van der Waals surface area contributed by atoms with Gasteiger partial charge >= 0.3 is 0 Å². The Balaban J connectivity index is 1.41. The van der Waals surface area contributed by atoms with Gasteiger partial charge in [0.05, 0.1) is 12.8 Å². The minimum Gasteiger partial charge on any atom is -0.497 e. The molecule has 0 amide bonds. The molecule has 26 heavy (non-hydrogen) atoms. The van der Waals surface area contributed by atoms with Crippen molar-refractivity contribution >= 4 is 5.69 Å². The molecule has 1 fully saturated rings. The Morgan fingerprint density at radius 1 is 1.12 bits per heavy atom. The lowest BCUT2D eigenvalue weighted by molar-refractivity contribution is 0.191. The van der Waals surface area contributed by atoms with Gasteiger partial charge in [-0.25, -0.2) is 0 Å². The van der Waals surface area contributed by atoms with E-state index in [9.17, 15) is 5.21 Å². The van der Waals surface area contributed by atoms with E-state index in [2.05, 4.69) is 46.0 Å². The third-order valence-corrected chi connectivity index (χ3v) is 5.10. The van der Waals surface area contributed by atoms with Gasteiger partial charge < -0.3 is 10.1 Å². The van der Waals surface area contributed by atoms with Crippen LogP contribution in [-0.4, -0.2) is 42.9 Å². The van der Waals surface area contributed by atoms with Gasteiger partial charge in [0.15, 0.2) is 0 Å². The smallest absolute Gasteiger partial charge is 0.119 e. The van der Waals surface area contributed by atoms with Gasteiger partial charge in [-0.1, -0.05) is 30.3 Å². The van der Waals surface area contributed by atoms with Crippen molar-refractivity contribution in [2.24, 2.45) is 0 Å². The fourth-order valence-corrected chi connectivity index (χ4v) is 3.56. The lowest BCUT2D eigenvalue weighted by atomic mass is 10.0. The molecule has 0 bridgehead atoms. The Morgan fingerprint density at radius 3 is 2.58 bits per heavy atom. The molecule has 1 saturated heterocycles. The molecule has 2 aromatic carbocycles. The minimum absolute atomic E-state index is 0.568. The highest BCUT2D eigenvalue weighted by atomic mass is 16.5. The van der Waals surface area contributed by atoms with Gasteiger partial charge in [-0.05, 0) is 68.2 Å². The van der Waals surface area contributed by atoms with Crippen LogP contribution in [0.25, 0.3) is 0 Å². The van der Waals surface area contributed by atoms with Crippen LogP contribution in [0.2, 0.25) is 0 Å². The summed E-state index contributed by atoms with van der Waals surface area (Å²) in [5.74, 6) is 0.813. The summed E-state index contributed by atoms with van der Waals surface area (Å²) in [6.45, 7) is 4.21. The van der Waals surface area contributed by atoms with Gasteiger partial charge in [-0.15, -0.1) is 0 Å². The zero-order valence-electron chi connectivity index (χ0n) is 15.4. The second-order valence-electron chi connectivity index (χ2n) is 6.88. The van der Waals surface area contributed by atoms with Crippen LogP contribution in [-0.2, 0) is 13.0 Å². The van der Waals surface area contributed by atoms with Crippen LogP contribution in [0.3, 0.4) is 0 Å². The van der Waals surface area contributed by atoms with E-state index in [-0.39, 0.29) is 0 Å². The highest BCUT2D eigenvalue weighted by Crippen LogP contribution is 2.22. The second kappa shape index (κ2) is 9.57. The molecule has 3 N–H and O–H groups in total.